The van der Waals surface area contributed by atoms with E-state index in [-0.39, 0.29) is 53.0 Å². The average molecular weight is 737 g/mol. The van der Waals surface area contributed by atoms with Crippen molar-refractivity contribution in [1.82, 2.24) is 21.1 Å². The van der Waals surface area contributed by atoms with E-state index in [4.69, 9.17) is 0 Å². The second-order valence-corrected chi connectivity index (χ2v) is 14.2. The molecular formula is C34H41F9N6O2. The quantitative estimate of drug-likeness (QED) is 0.250. The molecular weight excluding hydrogens is 695 g/mol. The van der Waals surface area contributed by atoms with Crippen LogP contribution in [0.2, 0.25) is 0 Å². The van der Waals surface area contributed by atoms with Crippen molar-refractivity contribution in [2.75, 3.05) is 11.9 Å². The summed E-state index contributed by atoms with van der Waals surface area (Å²) >= 11 is 0. The Morgan fingerprint density at radius 2 is 1.47 bits per heavy atom. The first-order valence-corrected chi connectivity index (χ1v) is 16.7. The molecule has 51 heavy (non-hydrogen) atoms. The number of aliphatic hydroxyl groups is 1. The highest BCUT2D eigenvalue weighted by atomic mass is 19.4. The first-order valence-electron chi connectivity index (χ1n) is 16.7. The van der Waals surface area contributed by atoms with Crippen molar-refractivity contribution in [2.24, 2.45) is 16.8 Å². The lowest BCUT2D eigenvalue weighted by molar-refractivity contribution is -0.143. The smallest absolute Gasteiger partial charge is 0.390 e. The summed E-state index contributed by atoms with van der Waals surface area (Å²) in [7, 11) is 1.43. The number of carbonyl (C=O) groups excluding carboxylic acids is 1. The molecule has 2 aromatic carbocycles. The third kappa shape index (κ3) is 8.91. The topological polar surface area (TPSA) is 83.4 Å². The van der Waals surface area contributed by atoms with Crippen molar-refractivity contribution >= 4 is 17.6 Å². The fraction of sp³-hybridized carbons (Fsp3) is 0.588. The molecule has 2 heterocycles. The van der Waals surface area contributed by atoms with Gasteiger partial charge in [-0.05, 0) is 107 Å². The van der Waals surface area contributed by atoms with E-state index in [1.165, 1.54) is 23.2 Å². The van der Waals surface area contributed by atoms with Gasteiger partial charge in [0, 0.05) is 30.3 Å². The maximum Gasteiger partial charge on any atom is 0.416 e. The van der Waals surface area contributed by atoms with Crippen LogP contribution < -0.4 is 15.9 Å². The highest BCUT2D eigenvalue weighted by Crippen LogP contribution is 2.45. The molecule has 8 nitrogen and oxygen atoms in total. The number of hydrogen-bond donors (Lipinski definition) is 3. The average Bonchev–Trinajstić information content (AvgIpc) is 3.36. The zero-order valence-electron chi connectivity index (χ0n) is 28.5. The number of nitrogens with zero attached hydrogens (tertiary/aromatic N) is 4. The van der Waals surface area contributed by atoms with E-state index in [1.54, 1.807) is 18.7 Å². The number of hydrogen-bond acceptors (Lipinski definition) is 5. The molecule has 0 unspecified atom stereocenters. The number of benzene rings is 2. The number of aliphatic imine (C=N–C) groups is 1. The number of hydrazine groups is 3. The fourth-order valence-corrected chi connectivity index (χ4v) is 7.30. The van der Waals surface area contributed by atoms with Crippen LogP contribution in [0.25, 0.3) is 0 Å². The number of guanidine groups is 1. The Hall–Kier alpha value is -3.57. The van der Waals surface area contributed by atoms with Crippen LogP contribution in [0, 0.1) is 11.8 Å². The lowest BCUT2D eigenvalue weighted by Crippen LogP contribution is -2.48. The summed E-state index contributed by atoms with van der Waals surface area (Å²) in [5.41, 5.74) is 0.623. The lowest BCUT2D eigenvalue weighted by Gasteiger charge is -2.42. The molecule has 1 saturated heterocycles. The first kappa shape index (κ1) is 38.7. The first-order chi connectivity index (χ1) is 23.5. The zero-order chi connectivity index (χ0) is 37.7. The maximum absolute atomic E-state index is 14.1. The Morgan fingerprint density at radius 1 is 0.882 bits per heavy atom. The molecule has 0 spiro atoms. The monoisotopic (exact) mass is 736 g/mol. The van der Waals surface area contributed by atoms with E-state index in [0.717, 1.165) is 25.0 Å². The molecule has 0 aromatic heterocycles. The second kappa shape index (κ2) is 14.1. The second-order valence-electron chi connectivity index (χ2n) is 14.2. The van der Waals surface area contributed by atoms with Gasteiger partial charge in [-0.15, -0.1) is 10.7 Å². The van der Waals surface area contributed by atoms with Gasteiger partial charge >= 0.3 is 18.5 Å². The number of nitrogens with one attached hydrogen (secondary N) is 2. The van der Waals surface area contributed by atoms with E-state index in [9.17, 15) is 49.4 Å². The summed E-state index contributed by atoms with van der Waals surface area (Å²) in [6.45, 7) is 4.80. The molecule has 0 radical (unpaired) electrons. The Bertz CT molecular complexity index is 1580. The van der Waals surface area contributed by atoms with Gasteiger partial charge in [-0.2, -0.15) is 39.5 Å². The van der Waals surface area contributed by atoms with Gasteiger partial charge in [0.2, 0.25) is 11.9 Å². The van der Waals surface area contributed by atoms with Crippen molar-refractivity contribution < 1.29 is 49.4 Å². The maximum atomic E-state index is 14.1. The molecule has 2 fully saturated rings. The van der Waals surface area contributed by atoms with Gasteiger partial charge in [-0.25, -0.2) is 4.99 Å². The minimum absolute atomic E-state index is 0.0271. The molecule has 0 bridgehead atoms. The predicted molar refractivity (Wildman–Crippen MR) is 170 cm³/mol. The van der Waals surface area contributed by atoms with E-state index in [1.807, 2.05) is 6.92 Å². The van der Waals surface area contributed by atoms with Gasteiger partial charge < -0.3 is 10.0 Å². The number of halogens is 9. The summed E-state index contributed by atoms with van der Waals surface area (Å²) in [6, 6.07) is 2.89. The Labute approximate surface area is 289 Å². The third-order valence-corrected chi connectivity index (χ3v) is 9.72. The molecule has 1 amide bonds. The van der Waals surface area contributed by atoms with Crippen LogP contribution in [-0.4, -0.2) is 45.8 Å². The number of carbonyl (C=O) groups is 1. The van der Waals surface area contributed by atoms with E-state index < -0.39 is 59.4 Å². The van der Waals surface area contributed by atoms with Crippen molar-refractivity contribution in [2.45, 2.75) is 108 Å². The van der Waals surface area contributed by atoms with Crippen LogP contribution in [0.1, 0.15) is 99.6 Å². The Morgan fingerprint density at radius 3 is 2.00 bits per heavy atom. The fourth-order valence-electron chi connectivity index (χ4n) is 7.30. The number of amides is 1. The lowest BCUT2D eigenvalue weighted by atomic mass is 9.76. The Kier molecular flexibility index (Phi) is 10.7. The van der Waals surface area contributed by atoms with Crippen LogP contribution in [-0.2, 0) is 29.9 Å². The molecule has 2 atom stereocenters. The number of alkyl halides is 9. The van der Waals surface area contributed by atoms with Gasteiger partial charge in [0.15, 0.2) is 0 Å². The van der Waals surface area contributed by atoms with Crippen LogP contribution in [0.15, 0.2) is 41.4 Å². The predicted octanol–water partition coefficient (Wildman–Crippen LogP) is 7.99. The van der Waals surface area contributed by atoms with Gasteiger partial charge in [-0.1, -0.05) is 6.92 Å². The minimum Gasteiger partial charge on any atom is -0.390 e. The highest BCUT2D eigenvalue weighted by molar-refractivity contribution is 5.97. The van der Waals surface area contributed by atoms with Crippen LogP contribution in [0.4, 0.5) is 45.2 Å². The number of anilines is 1. The van der Waals surface area contributed by atoms with Gasteiger partial charge in [0.05, 0.1) is 34.9 Å². The van der Waals surface area contributed by atoms with Crippen molar-refractivity contribution in [1.29, 1.82) is 0 Å². The largest absolute Gasteiger partial charge is 0.416 e. The number of rotatable bonds is 7. The van der Waals surface area contributed by atoms with Crippen molar-refractivity contribution in [3.63, 3.8) is 0 Å². The van der Waals surface area contributed by atoms with E-state index in [0.29, 0.717) is 37.8 Å². The third-order valence-electron chi connectivity index (χ3n) is 9.72. The normalized spacial score (nSPS) is 24.5. The zero-order valence-corrected chi connectivity index (χ0v) is 28.5. The molecule has 1 saturated carbocycles. The molecule has 5 rings (SSSR count). The molecule has 2 aliphatic heterocycles. The molecule has 282 valence electrons. The molecule has 17 heteroatoms. The Balaban J connectivity index is 1.49. The minimum atomic E-state index is -5.06. The summed E-state index contributed by atoms with van der Waals surface area (Å²) < 4.78 is 123. The van der Waals surface area contributed by atoms with Crippen LogP contribution >= 0.6 is 0 Å². The molecule has 2 aromatic rings. The van der Waals surface area contributed by atoms with Gasteiger partial charge in [0.1, 0.15) is 0 Å². The van der Waals surface area contributed by atoms with Crippen LogP contribution in [0.3, 0.4) is 0 Å². The van der Waals surface area contributed by atoms with E-state index in [2.05, 4.69) is 16.0 Å². The van der Waals surface area contributed by atoms with Crippen LogP contribution in [0.5, 0.6) is 0 Å². The highest BCUT2D eigenvalue weighted by Gasteiger charge is 2.42. The summed E-state index contributed by atoms with van der Waals surface area (Å²) in [6.07, 6.45) is -11.1. The standard InChI is InChI=1S/C34H41F9N6O2/c1-5-25-16-27(44-30-45-46-47(4)48(30)18-20-12-23(33(38,39)40)14-24(13-20)34(41,42)43)26-15-22(32(35,36)37)10-11-28(26)49(25)29(50)21-8-6-19(7-9-21)17-31(2,3)51/h10-15,19,21,25,27,46,51H,5-9,16-18H2,1-4H3,(H,44,45)/t19?,21?,25-,27+/m1/s1. The summed E-state index contributed by atoms with van der Waals surface area (Å²) in [5.74, 6) is -0.392. The number of fused-ring (bicyclic) bond motifs is 1. The van der Waals surface area contributed by atoms with E-state index >= 15 is 0 Å². The van der Waals surface area contributed by atoms with Gasteiger partial charge in [-0.3, -0.25) is 15.2 Å². The summed E-state index contributed by atoms with van der Waals surface area (Å²) in [5, 5.41) is 12.7. The van der Waals surface area contributed by atoms with Crippen molar-refractivity contribution in [3.8, 4) is 0 Å². The van der Waals surface area contributed by atoms with Gasteiger partial charge in [0.25, 0.3) is 0 Å². The summed E-state index contributed by atoms with van der Waals surface area (Å²) in [4.78, 5) is 20.4. The molecule has 3 aliphatic rings. The SMILES string of the molecule is CC[C@@H]1C[C@H](N=C2NNN(C)N2Cc2cc(C(F)(F)F)cc(C(F)(F)F)c2)c2cc(C(F)(F)F)ccc2N1C(=O)C1CCC(CC(C)(C)O)CC1. The van der Waals surface area contributed by atoms with Crippen molar-refractivity contribution in [3.05, 3.63) is 64.2 Å². The molecule has 3 N–H and O–H groups in total. The molecule has 1 aliphatic carbocycles.